The van der Waals surface area contributed by atoms with E-state index in [1.165, 1.54) is 20.3 Å². The highest BCUT2D eigenvalue weighted by Crippen LogP contribution is 2.14. The lowest BCUT2D eigenvalue weighted by molar-refractivity contribution is -0.124. The quantitative estimate of drug-likeness (QED) is 0.634. The van der Waals surface area contributed by atoms with Crippen LogP contribution in [0, 0.1) is 12.7 Å². The van der Waals surface area contributed by atoms with Crippen LogP contribution >= 0.6 is 0 Å². The molecule has 0 aromatic heterocycles. The molecule has 5 nitrogen and oxygen atoms in total. The molecule has 0 fully saturated rings. The van der Waals surface area contributed by atoms with Gasteiger partial charge in [0.25, 0.3) is 5.91 Å². The number of rotatable bonds is 4. The van der Waals surface area contributed by atoms with E-state index in [4.69, 9.17) is 0 Å². The molecule has 0 radical (unpaired) electrons. The van der Waals surface area contributed by atoms with Crippen LogP contribution in [0.4, 0.5) is 4.39 Å². The molecular formula is C11H13FN2O3. The number of nitrogens with one attached hydrogen (secondary N) is 1. The Balaban J connectivity index is 3.24. The minimum absolute atomic E-state index is 0.0869. The SMILES string of the molecule is CO/N=C(/C(=O)NOC)c1c(C)cccc1F. The maximum Gasteiger partial charge on any atom is 0.297 e. The number of carbonyl (C=O) groups excluding carboxylic acids is 1. The number of hydroxylamine groups is 1. The van der Waals surface area contributed by atoms with Crippen LogP contribution in [0.1, 0.15) is 11.1 Å². The Morgan fingerprint density at radius 2 is 2.12 bits per heavy atom. The predicted octanol–water partition coefficient (Wildman–Crippen LogP) is 1.16. The van der Waals surface area contributed by atoms with Gasteiger partial charge >= 0.3 is 0 Å². The van der Waals surface area contributed by atoms with Crippen molar-refractivity contribution in [3.63, 3.8) is 0 Å². The fraction of sp³-hybridized carbons (Fsp3) is 0.273. The van der Waals surface area contributed by atoms with Crippen LogP contribution in [0.5, 0.6) is 0 Å². The zero-order valence-corrected chi connectivity index (χ0v) is 9.78. The molecule has 1 amide bonds. The van der Waals surface area contributed by atoms with Crippen LogP contribution in [0.25, 0.3) is 0 Å². The van der Waals surface area contributed by atoms with Crippen LogP contribution in [0.2, 0.25) is 0 Å². The molecule has 0 aliphatic heterocycles. The normalized spacial score (nSPS) is 11.2. The molecule has 1 N–H and O–H groups in total. The molecule has 1 rings (SSSR count). The molecule has 0 aliphatic rings. The third kappa shape index (κ3) is 3.01. The molecule has 0 saturated heterocycles. The van der Waals surface area contributed by atoms with Gasteiger partial charge in [-0.05, 0) is 18.6 Å². The van der Waals surface area contributed by atoms with Crippen molar-refractivity contribution in [2.45, 2.75) is 6.92 Å². The van der Waals surface area contributed by atoms with Gasteiger partial charge in [-0.3, -0.25) is 9.63 Å². The van der Waals surface area contributed by atoms with E-state index in [2.05, 4.69) is 20.3 Å². The Labute approximate surface area is 98.2 Å². The van der Waals surface area contributed by atoms with Gasteiger partial charge in [-0.2, -0.15) is 0 Å². The maximum absolute atomic E-state index is 13.7. The molecule has 0 bridgehead atoms. The smallest absolute Gasteiger partial charge is 0.297 e. The molecule has 0 spiro atoms. The van der Waals surface area contributed by atoms with Gasteiger partial charge in [-0.25, -0.2) is 9.87 Å². The number of oxime groups is 1. The number of hydrogen-bond donors (Lipinski definition) is 1. The third-order valence-corrected chi connectivity index (χ3v) is 2.05. The van der Waals surface area contributed by atoms with Crippen LogP contribution in [-0.4, -0.2) is 25.8 Å². The lowest BCUT2D eigenvalue weighted by atomic mass is 10.0. The Hall–Kier alpha value is -1.95. The minimum Gasteiger partial charge on any atom is -0.398 e. The van der Waals surface area contributed by atoms with Crippen molar-refractivity contribution in [3.05, 3.63) is 35.1 Å². The molecule has 6 heteroatoms. The first kappa shape index (κ1) is 13.1. The van der Waals surface area contributed by atoms with Crippen molar-refractivity contribution in [2.24, 2.45) is 5.16 Å². The van der Waals surface area contributed by atoms with Crippen molar-refractivity contribution in [1.82, 2.24) is 5.48 Å². The van der Waals surface area contributed by atoms with E-state index in [9.17, 15) is 9.18 Å². The second-order valence-electron chi connectivity index (χ2n) is 3.19. The van der Waals surface area contributed by atoms with Gasteiger partial charge in [0, 0.05) is 5.56 Å². The van der Waals surface area contributed by atoms with Crippen molar-refractivity contribution >= 4 is 11.6 Å². The standard InChI is InChI=1S/C11H13FN2O3/c1-7-5-4-6-8(12)9(7)10(13-16-2)11(15)14-17-3/h4-6H,1-3H3,(H,14,15)/b13-10+. The zero-order valence-electron chi connectivity index (χ0n) is 9.78. The first-order valence-electron chi connectivity index (χ1n) is 4.81. The highest BCUT2D eigenvalue weighted by Gasteiger charge is 2.20. The topological polar surface area (TPSA) is 59.9 Å². The predicted molar refractivity (Wildman–Crippen MR) is 59.8 cm³/mol. The van der Waals surface area contributed by atoms with Gasteiger partial charge in [-0.1, -0.05) is 17.3 Å². The van der Waals surface area contributed by atoms with E-state index in [0.29, 0.717) is 5.56 Å². The Kier molecular flexibility index (Phi) is 4.59. The first-order valence-corrected chi connectivity index (χ1v) is 4.81. The van der Waals surface area contributed by atoms with Gasteiger partial charge in [0.1, 0.15) is 12.9 Å². The van der Waals surface area contributed by atoms with E-state index >= 15 is 0 Å². The molecular weight excluding hydrogens is 227 g/mol. The van der Waals surface area contributed by atoms with E-state index in [1.807, 2.05) is 0 Å². The molecule has 1 aromatic rings. The van der Waals surface area contributed by atoms with E-state index in [-0.39, 0.29) is 11.3 Å². The maximum atomic E-state index is 13.7. The molecule has 0 unspecified atom stereocenters. The number of halogens is 1. The fourth-order valence-corrected chi connectivity index (χ4v) is 1.36. The summed E-state index contributed by atoms with van der Waals surface area (Å²) in [5, 5.41) is 3.52. The second-order valence-corrected chi connectivity index (χ2v) is 3.19. The molecule has 0 atom stereocenters. The summed E-state index contributed by atoms with van der Waals surface area (Å²) in [6, 6.07) is 4.46. The van der Waals surface area contributed by atoms with Gasteiger partial charge in [0.05, 0.1) is 7.11 Å². The molecule has 92 valence electrons. The van der Waals surface area contributed by atoms with E-state index in [0.717, 1.165) is 0 Å². The molecule has 17 heavy (non-hydrogen) atoms. The second kappa shape index (κ2) is 5.95. The Morgan fingerprint density at radius 3 is 2.65 bits per heavy atom. The molecule has 0 aliphatic carbocycles. The van der Waals surface area contributed by atoms with Gasteiger partial charge in [0.2, 0.25) is 0 Å². The van der Waals surface area contributed by atoms with Gasteiger partial charge < -0.3 is 4.84 Å². The third-order valence-electron chi connectivity index (χ3n) is 2.05. The lowest BCUT2D eigenvalue weighted by Crippen LogP contribution is -2.32. The largest absolute Gasteiger partial charge is 0.398 e. The summed E-state index contributed by atoms with van der Waals surface area (Å²) in [6.07, 6.45) is 0. The highest BCUT2D eigenvalue weighted by atomic mass is 19.1. The summed E-state index contributed by atoms with van der Waals surface area (Å²) >= 11 is 0. The number of benzene rings is 1. The summed E-state index contributed by atoms with van der Waals surface area (Å²) in [4.78, 5) is 20.6. The monoisotopic (exact) mass is 240 g/mol. The number of carbonyl (C=O) groups is 1. The summed E-state index contributed by atoms with van der Waals surface area (Å²) in [5.41, 5.74) is 2.55. The molecule has 0 saturated carbocycles. The van der Waals surface area contributed by atoms with Gasteiger partial charge in [-0.15, -0.1) is 0 Å². The number of amides is 1. The van der Waals surface area contributed by atoms with Crippen molar-refractivity contribution in [1.29, 1.82) is 0 Å². The summed E-state index contributed by atoms with van der Waals surface area (Å²) in [7, 11) is 2.55. The molecule has 1 aromatic carbocycles. The number of aryl methyl sites for hydroxylation is 1. The van der Waals surface area contributed by atoms with Crippen molar-refractivity contribution < 1.29 is 18.9 Å². The minimum atomic E-state index is -0.678. The average molecular weight is 240 g/mol. The van der Waals surface area contributed by atoms with Crippen LogP contribution in [0.15, 0.2) is 23.4 Å². The molecule has 0 heterocycles. The summed E-state index contributed by atoms with van der Waals surface area (Å²) in [5.74, 6) is -1.23. The first-order chi connectivity index (χ1) is 8.11. The van der Waals surface area contributed by atoms with Crippen molar-refractivity contribution in [3.8, 4) is 0 Å². The summed E-state index contributed by atoms with van der Waals surface area (Å²) in [6.45, 7) is 1.67. The Bertz CT molecular complexity index is 426. The van der Waals surface area contributed by atoms with Crippen LogP contribution in [-0.2, 0) is 14.5 Å². The van der Waals surface area contributed by atoms with Crippen LogP contribution < -0.4 is 5.48 Å². The summed E-state index contributed by atoms with van der Waals surface area (Å²) < 4.78 is 13.7. The van der Waals surface area contributed by atoms with E-state index in [1.54, 1.807) is 19.1 Å². The van der Waals surface area contributed by atoms with Gasteiger partial charge in [0.15, 0.2) is 5.71 Å². The number of nitrogens with zero attached hydrogens (tertiary/aromatic N) is 1. The number of hydrogen-bond acceptors (Lipinski definition) is 4. The van der Waals surface area contributed by atoms with E-state index < -0.39 is 11.7 Å². The average Bonchev–Trinajstić information content (AvgIpc) is 2.28. The highest BCUT2D eigenvalue weighted by molar-refractivity contribution is 6.45. The zero-order chi connectivity index (χ0) is 12.8. The van der Waals surface area contributed by atoms with Crippen LogP contribution in [0.3, 0.4) is 0 Å². The van der Waals surface area contributed by atoms with Crippen molar-refractivity contribution in [2.75, 3.05) is 14.2 Å². The lowest BCUT2D eigenvalue weighted by Gasteiger charge is -2.09. The Morgan fingerprint density at radius 1 is 1.41 bits per heavy atom. The fourth-order valence-electron chi connectivity index (χ4n) is 1.36.